The third kappa shape index (κ3) is 2.69. The lowest BCUT2D eigenvalue weighted by Crippen LogP contribution is -2.34. The van der Waals surface area contributed by atoms with Crippen LogP contribution in [0.2, 0.25) is 0 Å². The zero-order valence-corrected chi connectivity index (χ0v) is 11.2. The van der Waals surface area contributed by atoms with Crippen LogP contribution >= 0.6 is 0 Å². The second-order valence-corrected chi connectivity index (χ2v) is 6.76. The number of nitrogens with zero attached hydrogens (tertiary/aromatic N) is 2. The monoisotopic (exact) mass is 258 g/mol. The van der Waals surface area contributed by atoms with E-state index in [9.17, 15) is 8.78 Å². The van der Waals surface area contributed by atoms with Gasteiger partial charge < -0.3 is 9.80 Å². The maximum Gasteiger partial charge on any atom is 0.248 e. The highest BCUT2D eigenvalue weighted by Gasteiger charge is 2.40. The molecule has 2 atom stereocenters. The topological polar surface area (TPSA) is 6.48 Å². The van der Waals surface area contributed by atoms with Crippen LogP contribution < -0.4 is 0 Å². The molecule has 2 saturated heterocycles. The fraction of sp³-hybridized carbons (Fsp3) is 1.00. The first-order valence-corrected chi connectivity index (χ1v) is 7.30. The molecule has 0 aromatic rings. The molecular weight excluding hydrogens is 234 g/mol. The number of fused-ring (bicyclic) bond motifs is 1. The molecule has 3 rings (SSSR count). The molecule has 0 amide bonds. The molecule has 0 spiro atoms. The molecule has 0 aromatic carbocycles. The van der Waals surface area contributed by atoms with Gasteiger partial charge in [-0.3, -0.25) is 0 Å². The Morgan fingerprint density at radius 1 is 1.00 bits per heavy atom. The number of rotatable bonds is 2. The molecule has 3 aliphatic rings. The summed E-state index contributed by atoms with van der Waals surface area (Å²) in [7, 11) is 2.20. The first-order chi connectivity index (χ1) is 8.52. The summed E-state index contributed by atoms with van der Waals surface area (Å²) in [6, 6.07) is 0. The Morgan fingerprint density at radius 2 is 1.56 bits per heavy atom. The average Bonchev–Trinajstić information content (AvgIpc) is 2.78. The van der Waals surface area contributed by atoms with Crippen molar-refractivity contribution in [2.75, 3.05) is 39.8 Å². The lowest BCUT2D eigenvalue weighted by Gasteiger charge is -2.31. The van der Waals surface area contributed by atoms with Crippen molar-refractivity contribution >= 4 is 0 Å². The van der Waals surface area contributed by atoms with Gasteiger partial charge in [-0.05, 0) is 37.6 Å². The smallest absolute Gasteiger partial charge is 0.248 e. The van der Waals surface area contributed by atoms with Crippen molar-refractivity contribution in [1.29, 1.82) is 0 Å². The highest BCUT2D eigenvalue weighted by Crippen LogP contribution is 2.38. The predicted molar refractivity (Wildman–Crippen MR) is 67.8 cm³/mol. The van der Waals surface area contributed by atoms with Gasteiger partial charge in [0, 0.05) is 45.6 Å². The van der Waals surface area contributed by atoms with Crippen LogP contribution in [0.5, 0.6) is 0 Å². The van der Waals surface area contributed by atoms with Crippen molar-refractivity contribution in [3.05, 3.63) is 0 Å². The molecule has 4 heteroatoms. The summed E-state index contributed by atoms with van der Waals surface area (Å²) in [5.41, 5.74) is 0. The van der Waals surface area contributed by atoms with Gasteiger partial charge in [0.2, 0.25) is 5.92 Å². The van der Waals surface area contributed by atoms with Crippen molar-refractivity contribution < 1.29 is 8.78 Å². The van der Waals surface area contributed by atoms with Crippen LogP contribution in [0.15, 0.2) is 0 Å². The molecule has 2 heterocycles. The van der Waals surface area contributed by atoms with Gasteiger partial charge in [0.25, 0.3) is 0 Å². The summed E-state index contributed by atoms with van der Waals surface area (Å²) in [5, 5.41) is 0. The van der Waals surface area contributed by atoms with E-state index in [0.717, 1.165) is 31.2 Å². The number of halogens is 2. The van der Waals surface area contributed by atoms with Gasteiger partial charge in [0.05, 0.1) is 0 Å². The summed E-state index contributed by atoms with van der Waals surface area (Å²) in [5.74, 6) is -0.193. The van der Waals surface area contributed by atoms with E-state index in [1.54, 1.807) is 0 Å². The highest BCUT2D eigenvalue weighted by molar-refractivity contribution is 4.93. The molecular formula is C14H24F2N2. The van der Waals surface area contributed by atoms with Crippen molar-refractivity contribution in [1.82, 2.24) is 9.80 Å². The normalized spacial score (nSPS) is 38.2. The van der Waals surface area contributed by atoms with Crippen LogP contribution in [0.25, 0.3) is 0 Å². The highest BCUT2D eigenvalue weighted by atomic mass is 19.3. The Bertz CT molecular complexity index is 284. The number of alkyl halides is 2. The molecule has 18 heavy (non-hydrogen) atoms. The molecule has 0 radical (unpaired) electrons. The standard InChI is InChI=1S/C14H24F2N2/c1-17-7-12-9-18(10-13(12)8-17)6-11-2-4-14(15,16)5-3-11/h11-13H,2-10H2,1H3. The van der Waals surface area contributed by atoms with Crippen LogP contribution in [0.4, 0.5) is 8.78 Å². The molecule has 104 valence electrons. The van der Waals surface area contributed by atoms with E-state index in [-0.39, 0.29) is 12.8 Å². The third-order valence-electron chi connectivity index (χ3n) is 5.10. The predicted octanol–water partition coefficient (Wildman–Crippen LogP) is 2.31. The Balaban J connectivity index is 1.45. The molecule has 1 saturated carbocycles. The summed E-state index contributed by atoms with van der Waals surface area (Å²) in [6.45, 7) is 5.91. The fourth-order valence-electron chi connectivity index (χ4n) is 4.12. The Kier molecular flexibility index (Phi) is 3.35. The minimum Gasteiger partial charge on any atom is -0.306 e. The maximum absolute atomic E-state index is 13.1. The minimum atomic E-state index is -2.37. The van der Waals surface area contributed by atoms with Gasteiger partial charge in [0.1, 0.15) is 0 Å². The summed E-state index contributed by atoms with van der Waals surface area (Å²) >= 11 is 0. The van der Waals surface area contributed by atoms with Gasteiger partial charge in [-0.25, -0.2) is 8.78 Å². The van der Waals surface area contributed by atoms with E-state index < -0.39 is 5.92 Å². The number of hydrogen-bond acceptors (Lipinski definition) is 2. The molecule has 0 N–H and O–H groups in total. The summed E-state index contributed by atoms with van der Waals surface area (Å²) < 4.78 is 26.2. The third-order valence-corrected chi connectivity index (χ3v) is 5.10. The average molecular weight is 258 g/mol. The molecule has 1 aliphatic carbocycles. The van der Waals surface area contributed by atoms with E-state index >= 15 is 0 Å². The van der Waals surface area contributed by atoms with Gasteiger partial charge in [0.15, 0.2) is 0 Å². The largest absolute Gasteiger partial charge is 0.306 e. The zero-order chi connectivity index (χ0) is 12.8. The van der Waals surface area contributed by atoms with Crippen LogP contribution in [0.3, 0.4) is 0 Å². The first-order valence-electron chi connectivity index (χ1n) is 7.30. The van der Waals surface area contributed by atoms with Crippen LogP contribution in [-0.4, -0.2) is 55.5 Å². The quantitative estimate of drug-likeness (QED) is 0.750. The Hall–Kier alpha value is -0.220. The Morgan fingerprint density at radius 3 is 2.11 bits per heavy atom. The van der Waals surface area contributed by atoms with Crippen molar-refractivity contribution in [2.45, 2.75) is 31.6 Å². The SMILES string of the molecule is CN1CC2CN(CC3CCC(F)(F)CC3)CC2C1. The van der Waals surface area contributed by atoms with Crippen LogP contribution in [0, 0.1) is 17.8 Å². The molecule has 0 aromatic heterocycles. The maximum atomic E-state index is 13.1. The van der Waals surface area contributed by atoms with Crippen LogP contribution in [-0.2, 0) is 0 Å². The summed E-state index contributed by atoms with van der Waals surface area (Å²) in [4.78, 5) is 4.96. The molecule has 0 bridgehead atoms. The van der Waals surface area contributed by atoms with Crippen molar-refractivity contribution in [2.24, 2.45) is 17.8 Å². The van der Waals surface area contributed by atoms with Crippen molar-refractivity contribution in [3.63, 3.8) is 0 Å². The van der Waals surface area contributed by atoms with E-state index in [2.05, 4.69) is 16.8 Å². The second-order valence-electron chi connectivity index (χ2n) is 6.76. The van der Waals surface area contributed by atoms with E-state index in [4.69, 9.17) is 0 Å². The van der Waals surface area contributed by atoms with Crippen molar-refractivity contribution in [3.8, 4) is 0 Å². The Labute approximate surface area is 108 Å². The van der Waals surface area contributed by atoms with Crippen LogP contribution in [0.1, 0.15) is 25.7 Å². The lowest BCUT2D eigenvalue weighted by atomic mass is 9.86. The zero-order valence-electron chi connectivity index (χ0n) is 11.2. The minimum absolute atomic E-state index is 0.112. The first kappa shape index (κ1) is 12.8. The van der Waals surface area contributed by atoms with E-state index in [1.807, 2.05) is 0 Å². The molecule has 2 nitrogen and oxygen atoms in total. The van der Waals surface area contributed by atoms with E-state index in [0.29, 0.717) is 5.92 Å². The number of hydrogen-bond donors (Lipinski definition) is 0. The molecule has 2 unspecified atom stereocenters. The molecule has 3 fully saturated rings. The van der Waals surface area contributed by atoms with Gasteiger partial charge in [-0.15, -0.1) is 0 Å². The molecule has 2 aliphatic heterocycles. The fourth-order valence-corrected chi connectivity index (χ4v) is 4.12. The number of likely N-dealkylation sites (tertiary alicyclic amines) is 2. The van der Waals surface area contributed by atoms with Gasteiger partial charge in [-0.1, -0.05) is 0 Å². The summed E-state index contributed by atoms with van der Waals surface area (Å²) in [6.07, 6.45) is 1.67. The van der Waals surface area contributed by atoms with E-state index in [1.165, 1.54) is 26.2 Å². The van der Waals surface area contributed by atoms with Gasteiger partial charge >= 0.3 is 0 Å². The second kappa shape index (κ2) is 4.71. The lowest BCUT2D eigenvalue weighted by molar-refractivity contribution is -0.0485. The van der Waals surface area contributed by atoms with Gasteiger partial charge in [-0.2, -0.15) is 0 Å².